The molecule has 5 rings (SSSR count). The summed E-state index contributed by atoms with van der Waals surface area (Å²) in [5, 5.41) is 12.1. The van der Waals surface area contributed by atoms with Crippen molar-refractivity contribution in [2.24, 2.45) is 4.99 Å². The van der Waals surface area contributed by atoms with Crippen molar-refractivity contribution in [2.75, 3.05) is 58.5 Å². The smallest absolute Gasteiger partial charge is 0.338 e. The number of allylic oxidation sites excluding steroid dienone is 1. The SMILES string of the molecule is CCOC(=O)C1=C(C)N=c2s/c(=C\c3ccc(N4CCN(C)CC4)c([N+](=O)[O-])c3)c(=O)n2[C@@H]1c1cc(OC)c(OCC)cc1Br. The van der Waals surface area contributed by atoms with Crippen LogP contribution in [-0.2, 0) is 9.53 Å². The van der Waals surface area contributed by atoms with Crippen LogP contribution < -0.4 is 29.3 Å². The zero-order chi connectivity index (χ0) is 32.4. The fourth-order valence-corrected chi connectivity index (χ4v) is 7.10. The first-order valence-corrected chi connectivity index (χ1v) is 16.1. The fourth-order valence-electron chi connectivity index (χ4n) is 5.52. The Hall–Kier alpha value is -4.01. The Morgan fingerprint density at radius 2 is 1.89 bits per heavy atom. The lowest BCUT2D eigenvalue weighted by molar-refractivity contribution is -0.384. The van der Waals surface area contributed by atoms with E-state index in [0.29, 0.717) is 67.5 Å². The van der Waals surface area contributed by atoms with Crippen molar-refractivity contribution >= 4 is 50.7 Å². The molecule has 12 nitrogen and oxygen atoms in total. The zero-order valence-electron chi connectivity index (χ0n) is 25.7. The van der Waals surface area contributed by atoms with Gasteiger partial charge in [0.25, 0.3) is 11.2 Å². The molecule has 14 heteroatoms. The van der Waals surface area contributed by atoms with Gasteiger partial charge < -0.3 is 24.0 Å². The summed E-state index contributed by atoms with van der Waals surface area (Å²) < 4.78 is 19.1. The minimum absolute atomic E-state index is 0.0233. The average Bonchev–Trinajstić information content (AvgIpc) is 3.31. The van der Waals surface area contributed by atoms with Gasteiger partial charge in [0, 0.05) is 36.7 Å². The second-order valence-electron chi connectivity index (χ2n) is 10.6. The topological polar surface area (TPSA) is 129 Å². The minimum Gasteiger partial charge on any atom is -0.493 e. The number of halogens is 1. The van der Waals surface area contributed by atoms with Crippen LogP contribution in [0.2, 0.25) is 0 Å². The molecule has 45 heavy (non-hydrogen) atoms. The number of rotatable bonds is 9. The van der Waals surface area contributed by atoms with Crippen LogP contribution in [-0.4, -0.2) is 73.9 Å². The molecule has 238 valence electrons. The number of nitro groups is 1. The summed E-state index contributed by atoms with van der Waals surface area (Å²) >= 11 is 4.77. The third-order valence-electron chi connectivity index (χ3n) is 7.73. The third kappa shape index (κ3) is 6.40. The number of nitro benzene ring substituents is 1. The molecule has 0 radical (unpaired) electrons. The second kappa shape index (κ2) is 13.5. The Morgan fingerprint density at radius 1 is 1.16 bits per heavy atom. The van der Waals surface area contributed by atoms with Crippen molar-refractivity contribution in [1.29, 1.82) is 0 Å². The maximum atomic E-state index is 14.1. The van der Waals surface area contributed by atoms with E-state index in [2.05, 4.69) is 25.8 Å². The number of benzene rings is 2. The van der Waals surface area contributed by atoms with Crippen LogP contribution in [0.1, 0.15) is 37.9 Å². The normalized spacial score (nSPS) is 17.2. The van der Waals surface area contributed by atoms with Gasteiger partial charge in [-0.2, -0.15) is 0 Å². The molecular weight excluding hydrogens is 666 g/mol. The molecule has 0 aliphatic carbocycles. The van der Waals surface area contributed by atoms with E-state index in [4.69, 9.17) is 14.2 Å². The largest absolute Gasteiger partial charge is 0.493 e. The molecule has 0 N–H and O–H groups in total. The summed E-state index contributed by atoms with van der Waals surface area (Å²) in [5.41, 5.74) is 1.84. The quantitative estimate of drug-likeness (QED) is 0.187. The maximum Gasteiger partial charge on any atom is 0.338 e. The fraction of sp³-hybridized carbons (Fsp3) is 0.387. The highest BCUT2D eigenvalue weighted by Crippen LogP contribution is 2.41. The van der Waals surface area contributed by atoms with Gasteiger partial charge in [0.2, 0.25) is 0 Å². The molecule has 0 saturated carbocycles. The van der Waals surface area contributed by atoms with E-state index in [-0.39, 0.29) is 17.9 Å². The van der Waals surface area contributed by atoms with Crippen LogP contribution in [0.3, 0.4) is 0 Å². The number of carbonyl (C=O) groups is 1. The zero-order valence-corrected chi connectivity index (χ0v) is 28.1. The summed E-state index contributed by atoms with van der Waals surface area (Å²) in [4.78, 5) is 48.4. The number of hydrogen-bond donors (Lipinski definition) is 0. The summed E-state index contributed by atoms with van der Waals surface area (Å²) in [6.45, 7) is 8.82. The Morgan fingerprint density at radius 3 is 2.53 bits per heavy atom. The molecule has 0 bridgehead atoms. The summed E-state index contributed by atoms with van der Waals surface area (Å²) in [7, 11) is 3.54. The molecule has 2 aromatic carbocycles. The highest BCUT2D eigenvalue weighted by atomic mass is 79.9. The number of carbonyl (C=O) groups excluding carboxylic acids is 1. The standard InChI is InChI=1S/C31H34BrN5O7S/c1-6-43-25-17-21(32)20(16-24(25)42-5)28-27(30(39)44-7-2)18(3)33-31-36(28)29(38)26(45-31)15-19-8-9-22(23(14-19)37(40)41)35-12-10-34(4)11-13-35/h8-9,14-17,28H,6-7,10-13H2,1-5H3/b26-15-/t28-/m1/s1. The first-order chi connectivity index (χ1) is 21.6. The van der Waals surface area contributed by atoms with Gasteiger partial charge in [0.1, 0.15) is 5.69 Å². The first-order valence-electron chi connectivity index (χ1n) is 14.5. The van der Waals surface area contributed by atoms with Gasteiger partial charge in [-0.05, 0) is 63.2 Å². The van der Waals surface area contributed by atoms with Crippen LogP contribution in [0.25, 0.3) is 6.08 Å². The van der Waals surface area contributed by atoms with E-state index < -0.39 is 22.5 Å². The molecule has 1 saturated heterocycles. The molecule has 1 atom stereocenters. The Labute approximate surface area is 272 Å². The summed E-state index contributed by atoms with van der Waals surface area (Å²) in [5.74, 6) is 0.346. The summed E-state index contributed by atoms with van der Waals surface area (Å²) in [6, 6.07) is 7.59. The number of methoxy groups -OCH3 is 1. The molecule has 1 fully saturated rings. The second-order valence-corrected chi connectivity index (χ2v) is 12.4. The number of aromatic nitrogens is 1. The maximum absolute atomic E-state index is 14.1. The van der Waals surface area contributed by atoms with E-state index in [9.17, 15) is 19.7 Å². The number of nitrogens with zero attached hydrogens (tertiary/aromatic N) is 5. The number of likely N-dealkylation sites (N-methyl/N-ethyl adjacent to an activating group) is 1. The number of fused-ring (bicyclic) bond motifs is 1. The molecule has 3 aromatic rings. The van der Waals surface area contributed by atoms with Crippen molar-refractivity contribution < 1.29 is 23.9 Å². The van der Waals surface area contributed by atoms with Crippen LogP contribution in [0, 0.1) is 10.1 Å². The highest BCUT2D eigenvalue weighted by Gasteiger charge is 2.35. The molecule has 0 amide bonds. The van der Waals surface area contributed by atoms with Gasteiger partial charge >= 0.3 is 5.97 Å². The number of thiazole rings is 1. The number of esters is 1. The van der Waals surface area contributed by atoms with Crippen molar-refractivity contribution in [3.63, 3.8) is 0 Å². The van der Waals surface area contributed by atoms with Gasteiger partial charge in [0.15, 0.2) is 16.3 Å². The Kier molecular flexibility index (Phi) is 9.75. The lowest BCUT2D eigenvalue weighted by atomic mass is 9.95. The predicted molar refractivity (Wildman–Crippen MR) is 175 cm³/mol. The van der Waals surface area contributed by atoms with E-state index in [1.807, 2.05) is 18.9 Å². The predicted octanol–water partition coefficient (Wildman–Crippen LogP) is 3.63. The van der Waals surface area contributed by atoms with Gasteiger partial charge in [-0.25, -0.2) is 9.79 Å². The summed E-state index contributed by atoms with van der Waals surface area (Å²) in [6.07, 6.45) is 1.62. The number of ether oxygens (including phenoxy) is 3. The van der Waals surface area contributed by atoms with Crippen molar-refractivity contribution in [3.05, 3.63) is 87.0 Å². The number of anilines is 1. The molecule has 0 spiro atoms. The third-order valence-corrected chi connectivity index (χ3v) is 9.40. The molecule has 2 aliphatic rings. The van der Waals surface area contributed by atoms with E-state index in [1.165, 1.54) is 17.7 Å². The lowest BCUT2D eigenvalue weighted by Crippen LogP contribution is -2.44. The monoisotopic (exact) mass is 699 g/mol. The first kappa shape index (κ1) is 32.4. The van der Waals surface area contributed by atoms with E-state index >= 15 is 0 Å². The Balaban J connectivity index is 1.66. The van der Waals surface area contributed by atoms with Crippen molar-refractivity contribution in [1.82, 2.24) is 9.47 Å². The van der Waals surface area contributed by atoms with Gasteiger partial charge in [-0.3, -0.25) is 19.5 Å². The molecule has 2 aliphatic heterocycles. The van der Waals surface area contributed by atoms with Gasteiger partial charge in [-0.15, -0.1) is 0 Å². The van der Waals surface area contributed by atoms with Crippen LogP contribution >= 0.6 is 27.3 Å². The lowest BCUT2D eigenvalue weighted by Gasteiger charge is -2.33. The molecule has 3 heterocycles. The minimum atomic E-state index is -0.893. The number of hydrogen-bond acceptors (Lipinski definition) is 11. The van der Waals surface area contributed by atoms with Crippen LogP contribution in [0.4, 0.5) is 11.4 Å². The average molecular weight is 701 g/mol. The highest BCUT2D eigenvalue weighted by molar-refractivity contribution is 9.10. The molecule has 1 aromatic heterocycles. The molecular formula is C31H34BrN5O7S. The number of piperazine rings is 1. The van der Waals surface area contributed by atoms with Crippen LogP contribution in [0.5, 0.6) is 11.5 Å². The Bertz CT molecular complexity index is 1860. The van der Waals surface area contributed by atoms with E-state index in [1.54, 1.807) is 44.2 Å². The molecule has 0 unspecified atom stereocenters. The van der Waals surface area contributed by atoms with Crippen molar-refractivity contribution in [3.8, 4) is 11.5 Å². The van der Waals surface area contributed by atoms with Gasteiger partial charge in [0.05, 0.1) is 47.1 Å². The van der Waals surface area contributed by atoms with Crippen molar-refractivity contribution in [2.45, 2.75) is 26.8 Å². The van der Waals surface area contributed by atoms with Crippen LogP contribution in [0.15, 0.2) is 55.9 Å². The van der Waals surface area contributed by atoms with Gasteiger partial charge in [-0.1, -0.05) is 33.3 Å². The van der Waals surface area contributed by atoms with E-state index in [0.717, 1.165) is 24.4 Å².